The van der Waals surface area contributed by atoms with E-state index in [1.54, 1.807) is 11.3 Å². The van der Waals surface area contributed by atoms with Gasteiger partial charge in [0.1, 0.15) is 0 Å². The van der Waals surface area contributed by atoms with Gasteiger partial charge in [-0.1, -0.05) is 53.8 Å². The van der Waals surface area contributed by atoms with Crippen LogP contribution in [0, 0.1) is 0 Å². The van der Waals surface area contributed by atoms with E-state index in [4.69, 9.17) is 4.98 Å². The van der Waals surface area contributed by atoms with Crippen molar-refractivity contribution in [3.05, 3.63) is 83.1 Å². The Morgan fingerprint density at radius 3 is 2.07 bits per heavy atom. The van der Waals surface area contributed by atoms with Gasteiger partial charge in [0.15, 0.2) is 5.13 Å². The number of aliphatic carboxylic acids is 1. The maximum Gasteiger partial charge on any atom is 0.308 e. The first-order valence-electron chi connectivity index (χ1n) is 8.38. The lowest BCUT2D eigenvalue weighted by Crippen LogP contribution is -2.09. The van der Waals surface area contributed by atoms with Gasteiger partial charge in [-0.05, 0) is 35.7 Å². The standard InChI is InChI=1S/C21H16N2O2S2/c24-19(25)14-18-20(17-12-7-13-26-17)22-21(27-18)23(15-8-3-1-4-9-15)16-10-5-2-6-11-16/h1-13H,14H2,(H,24,25). The largest absolute Gasteiger partial charge is 0.481 e. The summed E-state index contributed by atoms with van der Waals surface area (Å²) < 4.78 is 0. The van der Waals surface area contributed by atoms with E-state index in [1.807, 2.05) is 78.2 Å². The molecule has 0 bridgehead atoms. The number of anilines is 3. The molecule has 134 valence electrons. The Morgan fingerprint density at radius 1 is 0.926 bits per heavy atom. The van der Waals surface area contributed by atoms with Crippen LogP contribution in [0.5, 0.6) is 0 Å². The monoisotopic (exact) mass is 392 g/mol. The predicted octanol–water partition coefficient (Wildman–Crippen LogP) is 5.97. The summed E-state index contributed by atoms with van der Waals surface area (Å²) in [5.74, 6) is -0.853. The molecule has 1 N–H and O–H groups in total. The molecule has 0 aliphatic heterocycles. The summed E-state index contributed by atoms with van der Waals surface area (Å²) >= 11 is 2.99. The van der Waals surface area contributed by atoms with E-state index in [0.717, 1.165) is 32.0 Å². The van der Waals surface area contributed by atoms with E-state index in [0.29, 0.717) is 0 Å². The van der Waals surface area contributed by atoms with Crippen LogP contribution in [0.2, 0.25) is 0 Å². The molecule has 6 heteroatoms. The number of para-hydroxylation sites is 2. The summed E-state index contributed by atoms with van der Waals surface area (Å²) in [5.41, 5.74) is 2.72. The van der Waals surface area contributed by atoms with Crippen LogP contribution >= 0.6 is 22.7 Å². The van der Waals surface area contributed by atoms with Gasteiger partial charge < -0.3 is 5.11 Å². The summed E-state index contributed by atoms with van der Waals surface area (Å²) in [4.78, 5) is 20.0. The van der Waals surface area contributed by atoms with E-state index in [-0.39, 0.29) is 6.42 Å². The maximum atomic E-state index is 11.4. The van der Waals surface area contributed by atoms with Crippen LogP contribution in [0.25, 0.3) is 10.6 Å². The van der Waals surface area contributed by atoms with E-state index in [9.17, 15) is 9.90 Å². The van der Waals surface area contributed by atoms with Gasteiger partial charge in [-0.3, -0.25) is 9.69 Å². The number of aromatic nitrogens is 1. The number of carboxylic acid groups (broad SMARTS) is 1. The van der Waals surface area contributed by atoms with Crippen LogP contribution in [-0.4, -0.2) is 16.1 Å². The topological polar surface area (TPSA) is 53.4 Å². The fourth-order valence-electron chi connectivity index (χ4n) is 2.82. The Kier molecular flexibility index (Phi) is 5.00. The molecule has 2 heterocycles. The Hall–Kier alpha value is -2.96. The average Bonchev–Trinajstić information content (AvgIpc) is 3.33. The number of benzene rings is 2. The Labute approximate surface area is 165 Å². The zero-order chi connectivity index (χ0) is 18.6. The number of hydrogen-bond donors (Lipinski definition) is 1. The smallest absolute Gasteiger partial charge is 0.308 e. The summed E-state index contributed by atoms with van der Waals surface area (Å²) in [6.45, 7) is 0. The van der Waals surface area contributed by atoms with Gasteiger partial charge in [-0.2, -0.15) is 0 Å². The number of rotatable bonds is 6. The molecule has 0 spiro atoms. The normalized spacial score (nSPS) is 10.7. The molecule has 0 saturated heterocycles. The quantitative estimate of drug-likeness (QED) is 0.439. The van der Waals surface area contributed by atoms with Crippen molar-refractivity contribution in [1.29, 1.82) is 0 Å². The summed E-state index contributed by atoms with van der Waals surface area (Å²) in [6, 6.07) is 23.9. The van der Waals surface area contributed by atoms with Crippen LogP contribution < -0.4 is 4.90 Å². The number of carboxylic acids is 1. The second-order valence-electron chi connectivity index (χ2n) is 5.82. The second-order valence-corrected chi connectivity index (χ2v) is 7.83. The molecule has 4 nitrogen and oxygen atoms in total. The van der Waals surface area contributed by atoms with Crippen molar-refractivity contribution in [2.75, 3.05) is 4.90 Å². The molecule has 0 amide bonds. The van der Waals surface area contributed by atoms with Crippen LogP contribution in [0.1, 0.15) is 4.88 Å². The molecule has 4 aromatic rings. The zero-order valence-electron chi connectivity index (χ0n) is 14.3. The fraction of sp³-hybridized carbons (Fsp3) is 0.0476. The van der Waals surface area contributed by atoms with Crippen molar-refractivity contribution in [2.24, 2.45) is 0 Å². The minimum absolute atomic E-state index is 0.0394. The summed E-state index contributed by atoms with van der Waals surface area (Å²) in [7, 11) is 0. The van der Waals surface area contributed by atoms with Gasteiger partial charge >= 0.3 is 5.97 Å². The first-order valence-corrected chi connectivity index (χ1v) is 10.1. The third-order valence-corrected chi connectivity index (χ3v) is 5.89. The van der Waals surface area contributed by atoms with E-state index < -0.39 is 5.97 Å². The van der Waals surface area contributed by atoms with E-state index >= 15 is 0 Å². The predicted molar refractivity (Wildman–Crippen MR) is 111 cm³/mol. The van der Waals surface area contributed by atoms with Crippen LogP contribution in [-0.2, 0) is 11.2 Å². The van der Waals surface area contributed by atoms with Crippen molar-refractivity contribution in [3.63, 3.8) is 0 Å². The lowest BCUT2D eigenvalue weighted by Gasteiger charge is -2.22. The minimum atomic E-state index is -0.853. The number of nitrogens with zero attached hydrogens (tertiary/aromatic N) is 2. The summed E-state index contributed by atoms with van der Waals surface area (Å²) in [6.07, 6.45) is -0.0394. The number of hydrogen-bond acceptors (Lipinski definition) is 5. The van der Waals surface area contributed by atoms with Gasteiger partial charge in [-0.25, -0.2) is 4.98 Å². The third kappa shape index (κ3) is 3.77. The molecule has 0 fully saturated rings. The third-order valence-electron chi connectivity index (χ3n) is 3.97. The molecule has 2 aromatic heterocycles. The molecular formula is C21H16N2O2S2. The van der Waals surface area contributed by atoms with Crippen molar-refractivity contribution in [3.8, 4) is 10.6 Å². The maximum absolute atomic E-state index is 11.4. The molecule has 27 heavy (non-hydrogen) atoms. The first kappa shape index (κ1) is 17.5. The lowest BCUT2D eigenvalue weighted by atomic mass is 10.2. The van der Waals surface area contributed by atoms with Gasteiger partial charge in [0.2, 0.25) is 0 Å². The summed E-state index contributed by atoms with van der Waals surface area (Å²) in [5, 5.41) is 12.1. The molecule has 0 unspecified atom stereocenters. The van der Waals surface area contributed by atoms with Crippen molar-refractivity contribution >= 4 is 45.1 Å². The molecule has 0 saturated carbocycles. The molecule has 0 aliphatic rings. The van der Waals surface area contributed by atoms with Crippen LogP contribution in [0.3, 0.4) is 0 Å². The second kappa shape index (κ2) is 7.73. The molecular weight excluding hydrogens is 376 g/mol. The minimum Gasteiger partial charge on any atom is -0.481 e. The van der Waals surface area contributed by atoms with Gasteiger partial charge in [0.25, 0.3) is 0 Å². The molecule has 0 atom stereocenters. The highest BCUT2D eigenvalue weighted by molar-refractivity contribution is 7.17. The van der Waals surface area contributed by atoms with Crippen molar-refractivity contribution in [1.82, 2.24) is 4.98 Å². The van der Waals surface area contributed by atoms with E-state index in [1.165, 1.54) is 11.3 Å². The molecule has 4 rings (SSSR count). The highest BCUT2D eigenvalue weighted by Gasteiger charge is 2.22. The molecule has 0 aliphatic carbocycles. The fourth-order valence-corrected chi connectivity index (χ4v) is 4.74. The average molecular weight is 393 g/mol. The van der Waals surface area contributed by atoms with Crippen molar-refractivity contribution in [2.45, 2.75) is 6.42 Å². The highest BCUT2D eigenvalue weighted by atomic mass is 32.1. The van der Waals surface area contributed by atoms with Crippen LogP contribution in [0.15, 0.2) is 78.2 Å². The Bertz CT molecular complexity index is 989. The Balaban J connectivity index is 1.86. The lowest BCUT2D eigenvalue weighted by molar-refractivity contribution is -0.136. The SMILES string of the molecule is O=C(O)Cc1sc(N(c2ccccc2)c2ccccc2)nc1-c1cccs1. The number of thiazole rings is 1. The highest BCUT2D eigenvalue weighted by Crippen LogP contribution is 2.41. The van der Waals surface area contributed by atoms with Crippen molar-refractivity contribution < 1.29 is 9.90 Å². The zero-order valence-corrected chi connectivity index (χ0v) is 15.9. The molecule has 2 aromatic carbocycles. The Morgan fingerprint density at radius 2 is 1.56 bits per heavy atom. The van der Waals surface area contributed by atoms with Gasteiger partial charge in [0.05, 0.1) is 17.0 Å². The number of carbonyl (C=O) groups is 1. The number of thiophene rings is 1. The molecule has 0 radical (unpaired) electrons. The first-order chi connectivity index (χ1) is 13.2. The van der Waals surface area contributed by atoms with Crippen LogP contribution in [0.4, 0.5) is 16.5 Å². The van der Waals surface area contributed by atoms with E-state index in [2.05, 4.69) is 4.90 Å². The van der Waals surface area contributed by atoms with Gasteiger partial charge in [-0.15, -0.1) is 11.3 Å². The van der Waals surface area contributed by atoms with Gasteiger partial charge in [0, 0.05) is 16.3 Å².